The Morgan fingerprint density at radius 2 is 2.44 bits per heavy atom. The molecule has 2 rings (SSSR count). The van der Waals surface area contributed by atoms with Crippen LogP contribution < -0.4 is 5.32 Å². The minimum atomic E-state index is -0.712. The van der Waals surface area contributed by atoms with Crippen LogP contribution in [0.3, 0.4) is 0 Å². The van der Waals surface area contributed by atoms with Gasteiger partial charge in [-0.1, -0.05) is 6.07 Å². The molecule has 2 aromatic rings. The molecule has 2 N–H and O–H groups in total. The normalized spacial score (nSPS) is 12.6. The highest BCUT2D eigenvalue weighted by Gasteiger charge is 2.12. The number of aliphatic hydroxyl groups is 1. The van der Waals surface area contributed by atoms with E-state index in [4.69, 9.17) is 4.74 Å². The second kappa shape index (κ2) is 5.61. The predicted molar refractivity (Wildman–Crippen MR) is 65.4 cm³/mol. The van der Waals surface area contributed by atoms with Crippen LogP contribution >= 0.6 is 0 Å². The zero-order valence-corrected chi connectivity index (χ0v) is 10.0. The van der Waals surface area contributed by atoms with Gasteiger partial charge in [0.25, 0.3) is 5.91 Å². The summed E-state index contributed by atoms with van der Waals surface area (Å²) in [6.45, 7) is 0.325. The molecular weight excluding hydrogens is 234 g/mol. The van der Waals surface area contributed by atoms with Gasteiger partial charge in [-0.05, 0) is 12.1 Å². The van der Waals surface area contributed by atoms with Crippen molar-refractivity contribution in [1.29, 1.82) is 0 Å². The Balaban J connectivity index is 2.00. The van der Waals surface area contributed by atoms with Gasteiger partial charge >= 0.3 is 0 Å². The van der Waals surface area contributed by atoms with Crippen molar-refractivity contribution in [2.45, 2.75) is 6.10 Å². The van der Waals surface area contributed by atoms with Gasteiger partial charge in [0.05, 0.1) is 12.7 Å². The number of fused-ring (bicyclic) bond motifs is 1. The SMILES string of the molecule is COCC(O)CNC(=O)c1cn2ccccc2n1. The molecule has 96 valence electrons. The number of carbonyl (C=O) groups is 1. The second-order valence-electron chi connectivity index (χ2n) is 3.91. The number of methoxy groups -OCH3 is 1. The molecule has 0 aliphatic rings. The molecule has 6 nitrogen and oxygen atoms in total. The lowest BCUT2D eigenvalue weighted by Crippen LogP contribution is -2.34. The quantitative estimate of drug-likeness (QED) is 0.786. The molecule has 18 heavy (non-hydrogen) atoms. The summed E-state index contributed by atoms with van der Waals surface area (Å²) in [5.41, 5.74) is 1.03. The van der Waals surface area contributed by atoms with Gasteiger partial charge < -0.3 is 19.6 Å². The molecule has 2 heterocycles. The molecule has 0 saturated heterocycles. The zero-order chi connectivity index (χ0) is 13.0. The Kier molecular flexibility index (Phi) is 3.91. The first-order valence-corrected chi connectivity index (χ1v) is 5.59. The van der Waals surface area contributed by atoms with Crippen LogP contribution in [-0.2, 0) is 4.74 Å². The van der Waals surface area contributed by atoms with Crippen LogP contribution in [0.5, 0.6) is 0 Å². The largest absolute Gasteiger partial charge is 0.389 e. The van der Waals surface area contributed by atoms with Gasteiger partial charge in [0.1, 0.15) is 11.3 Å². The third-order valence-corrected chi connectivity index (χ3v) is 2.45. The third-order valence-electron chi connectivity index (χ3n) is 2.45. The van der Waals surface area contributed by atoms with Crippen molar-refractivity contribution < 1.29 is 14.6 Å². The minimum absolute atomic E-state index is 0.139. The van der Waals surface area contributed by atoms with E-state index in [0.29, 0.717) is 11.3 Å². The maximum absolute atomic E-state index is 11.8. The van der Waals surface area contributed by atoms with Gasteiger partial charge in [0.15, 0.2) is 0 Å². The molecule has 0 aliphatic heterocycles. The van der Waals surface area contributed by atoms with Crippen molar-refractivity contribution in [2.24, 2.45) is 0 Å². The number of nitrogens with one attached hydrogen (secondary N) is 1. The summed E-state index contributed by atoms with van der Waals surface area (Å²) in [4.78, 5) is 16.0. The standard InChI is InChI=1S/C12H15N3O3/c1-18-8-9(16)6-13-12(17)10-7-15-5-3-2-4-11(15)14-10/h2-5,7,9,16H,6,8H2,1H3,(H,13,17). The molecule has 0 spiro atoms. The molecule has 0 aliphatic carbocycles. The number of hydrogen-bond donors (Lipinski definition) is 2. The van der Waals surface area contributed by atoms with E-state index in [-0.39, 0.29) is 19.1 Å². The fraction of sp³-hybridized carbons (Fsp3) is 0.333. The zero-order valence-electron chi connectivity index (χ0n) is 10.0. The Labute approximate surface area is 104 Å². The Morgan fingerprint density at radius 1 is 1.61 bits per heavy atom. The summed E-state index contributed by atoms with van der Waals surface area (Å²) in [6, 6.07) is 5.53. The van der Waals surface area contributed by atoms with Crippen LogP contribution in [0.4, 0.5) is 0 Å². The number of hydrogen-bond acceptors (Lipinski definition) is 4. The van der Waals surface area contributed by atoms with Gasteiger partial charge in [-0.2, -0.15) is 0 Å². The molecular formula is C12H15N3O3. The summed E-state index contributed by atoms with van der Waals surface area (Å²) in [6.07, 6.45) is 2.75. The average Bonchev–Trinajstić information content (AvgIpc) is 2.80. The molecule has 1 amide bonds. The first-order valence-electron chi connectivity index (χ1n) is 5.59. The van der Waals surface area contributed by atoms with E-state index in [1.807, 2.05) is 24.4 Å². The number of aromatic nitrogens is 2. The predicted octanol–water partition coefficient (Wildman–Crippen LogP) is 0.0714. The van der Waals surface area contributed by atoms with Gasteiger partial charge in [-0.25, -0.2) is 4.98 Å². The number of amides is 1. The van der Waals surface area contributed by atoms with Crippen LogP contribution in [0.15, 0.2) is 30.6 Å². The highest BCUT2D eigenvalue weighted by Crippen LogP contribution is 2.04. The van der Waals surface area contributed by atoms with E-state index in [0.717, 1.165) is 0 Å². The Bertz CT molecular complexity index is 505. The molecule has 1 atom stereocenters. The molecule has 0 radical (unpaired) electrons. The van der Waals surface area contributed by atoms with E-state index in [2.05, 4.69) is 10.3 Å². The minimum Gasteiger partial charge on any atom is -0.389 e. The number of pyridine rings is 1. The first-order chi connectivity index (χ1) is 8.70. The lowest BCUT2D eigenvalue weighted by Gasteiger charge is -2.09. The fourth-order valence-electron chi connectivity index (χ4n) is 1.60. The molecule has 6 heteroatoms. The van der Waals surface area contributed by atoms with E-state index in [1.54, 1.807) is 10.6 Å². The van der Waals surface area contributed by atoms with Crippen molar-refractivity contribution in [2.75, 3.05) is 20.3 Å². The van der Waals surface area contributed by atoms with Crippen LogP contribution in [0.1, 0.15) is 10.5 Å². The molecule has 0 aromatic carbocycles. The van der Waals surface area contributed by atoms with Gasteiger partial charge in [-0.3, -0.25) is 4.79 Å². The molecule has 2 aromatic heterocycles. The van der Waals surface area contributed by atoms with Crippen LogP contribution in [0.2, 0.25) is 0 Å². The first kappa shape index (κ1) is 12.5. The third kappa shape index (κ3) is 2.85. The monoisotopic (exact) mass is 249 g/mol. The van der Waals surface area contributed by atoms with E-state index >= 15 is 0 Å². The molecule has 0 fully saturated rings. The van der Waals surface area contributed by atoms with Crippen LogP contribution in [0, 0.1) is 0 Å². The van der Waals surface area contributed by atoms with Crippen LogP contribution in [0.25, 0.3) is 5.65 Å². The topological polar surface area (TPSA) is 75.9 Å². The van der Waals surface area contributed by atoms with Gasteiger partial charge in [0, 0.05) is 26.0 Å². The number of aliphatic hydroxyl groups excluding tert-OH is 1. The summed E-state index contributed by atoms with van der Waals surface area (Å²) in [5, 5.41) is 12.0. The number of rotatable bonds is 5. The maximum atomic E-state index is 11.8. The summed E-state index contributed by atoms with van der Waals surface area (Å²) >= 11 is 0. The second-order valence-corrected chi connectivity index (χ2v) is 3.91. The maximum Gasteiger partial charge on any atom is 0.271 e. The number of imidazole rings is 1. The fourth-order valence-corrected chi connectivity index (χ4v) is 1.60. The Morgan fingerprint density at radius 3 is 3.17 bits per heavy atom. The average molecular weight is 249 g/mol. The lowest BCUT2D eigenvalue weighted by molar-refractivity contribution is 0.0609. The van der Waals surface area contributed by atoms with Gasteiger partial charge in [-0.15, -0.1) is 0 Å². The lowest BCUT2D eigenvalue weighted by atomic mass is 10.3. The smallest absolute Gasteiger partial charge is 0.271 e. The highest BCUT2D eigenvalue weighted by atomic mass is 16.5. The Hall–Kier alpha value is -1.92. The number of carbonyl (C=O) groups excluding carboxylic acids is 1. The van der Waals surface area contributed by atoms with Crippen molar-refractivity contribution in [1.82, 2.24) is 14.7 Å². The van der Waals surface area contributed by atoms with E-state index < -0.39 is 6.10 Å². The number of nitrogens with zero attached hydrogens (tertiary/aromatic N) is 2. The van der Waals surface area contributed by atoms with Crippen LogP contribution in [-0.4, -0.2) is 46.8 Å². The van der Waals surface area contributed by atoms with Gasteiger partial charge in [0.2, 0.25) is 0 Å². The highest BCUT2D eigenvalue weighted by molar-refractivity contribution is 5.92. The summed E-state index contributed by atoms with van der Waals surface area (Å²) in [7, 11) is 1.49. The van der Waals surface area contributed by atoms with E-state index in [1.165, 1.54) is 7.11 Å². The van der Waals surface area contributed by atoms with Crippen molar-refractivity contribution in [3.8, 4) is 0 Å². The molecule has 0 saturated carbocycles. The van der Waals surface area contributed by atoms with E-state index in [9.17, 15) is 9.90 Å². The van der Waals surface area contributed by atoms with Crippen molar-refractivity contribution in [3.05, 3.63) is 36.3 Å². The molecule has 1 unspecified atom stereocenters. The summed E-state index contributed by atoms with van der Waals surface area (Å²) < 4.78 is 6.53. The number of ether oxygens (including phenoxy) is 1. The van der Waals surface area contributed by atoms with Crippen molar-refractivity contribution >= 4 is 11.6 Å². The summed E-state index contributed by atoms with van der Waals surface area (Å²) in [5.74, 6) is -0.311. The molecule has 0 bridgehead atoms. The van der Waals surface area contributed by atoms with Crippen molar-refractivity contribution in [3.63, 3.8) is 0 Å².